The zero-order valence-corrected chi connectivity index (χ0v) is 33.3. The Balaban J connectivity index is 3.89. The molecule has 0 spiro atoms. The molecule has 292 valence electrons. The Morgan fingerprint density at radius 1 is 0.531 bits per heavy atom. The van der Waals surface area contributed by atoms with Crippen LogP contribution in [0.2, 0.25) is 0 Å². The largest absolute Gasteiger partial charge is 0.508 e. The van der Waals surface area contributed by atoms with E-state index in [4.69, 9.17) is 14.2 Å². The Morgan fingerprint density at radius 3 is 1.51 bits per heavy atom. The number of carbonyl (C=O) groups excluding carboxylic acids is 2. The summed E-state index contributed by atoms with van der Waals surface area (Å²) in [5, 5.41) is 9.52. The molecule has 7 heteroatoms. The zero-order valence-electron chi connectivity index (χ0n) is 33.3. The molecule has 0 aromatic rings. The van der Waals surface area contributed by atoms with E-state index in [1.54, 1.807) is 0 Å². The van der Waals surface area contributed by atoms with Gasteiger partial charge in [-0.25, -0.2) is 4.79 Å². The Bertz CT molecular complexity index is 720. The minimum atomic E-state index is -0.523. The van der Waals surface area contributed by atoms with Crippen molar-refractivity contribution in [3.05, 3.63) is 0 Å². The molecule has 0 amide bonds. The molecule has 0 atom stereocenters. The number of hydrogen-bond acceptors (Lipinski definition) is 7. The summed E-state index contributed by atoms with van der Waals surface area (Å²) in [6.07, 6.45) is 29.8. The number of esters is 1. The van der Waals surface area contributed by atoms with E-state index in [-0.39, 0.29) is 12.6 Å². The predicted molar refractivity (Wildman–Crippen MR) is 206 cm³/mol. The summed E-state index contributed by atoms with van der Waals surface area (Å²) in [6.45, 7) is 15.1. The molecule has 0 unspecified atom stereocenters. The number of hydrogen-bond donors (Lipinski definition) is 1. The molecule has 0 saturated heterocycles. The fourth-order valence-corrected chi connectivity index (χ4v) is 6.57. The van der Waals surface area contributed by atoms with E-state index in [0.717, 1.165) is 102 Å². The summed E-state index contributed by atoms with van der Waals surface area (Å²) >= 11 is 0. The van der Waals surface area contributed by atoms with Crippen molar-refractivity contribution in [2.75, 3.05) is 46.1 Å². The number of ether oxygens (including phenoxy) is 3. The summed E-state index contributed by atoms with van der Waals surface area (Å²) in [7, 11) is 0. The van der Waals surface area contributed by atoms with E-state index in [9.17, 15) is 14.7 Å². The zero-order chi connectivity index (χ0) is 36.3. The van der Waals surface area contributed by atoms with E-state index < -0.39 is 11.6 Å². The molecule has 0 saturated carbocycles. The summed E-state index contributed by atoms with van der Waals surface area (Å²) in [5.41, 5.74) is -0.417. The minimum absolute atomic E-state index is 0.0519. The van der Waals surface area contributed by atoms with Crippen LogP contribution in [0.5, 0.6) is 0 Å². The molecule has 0 aromatic heterocycles. The van der Waals surface area contributed by atoms with Gasteiger partial charge in [0.05, 0.1) is 31.8 Å². The van der Waals surface area contributed by atoms with Gasteiger partial charge in [0.2, 0.25) is 0 Å². The van der Waals surface area contributed by atoms with Gasteiger partial charge in [0.25, 0.3) is 0 Å². The van der Waals surface area contributed by atoms with Gasteiger partial charge in [0, 0.05) is 6.54 Å². The lowest BCUT2D eigenvalue weighted by Gasteiger charge is -2.23. The average Bonchev–Trinajstić information content (AvgIpc) is 3.08. The quantitative estimate of drug-likeness (QED) is 0.0511. The summed E-state index contributed by atoms with van der Waals surface area (Å²) in [5.74, 6) is 0.709. The summed E-state index contributed by atoms with van der Waals surface area (Å²) in [4.78, 5) is 26.9. The molecule has 0 bridgehead atoms. The van der Waals surface area contributed by atoms with E-state index >= 15 is 0 Å². The second-order valence-electron chi connectivity index (χ2n) is 15.2. The molecule has 0 aliphatic rings. The summed E-state index contributed by atoms with van der Waals surface area (Å²) < 4.78 is 16.2. The smallest absolute Gasteiger partial charge is 0.465 e. The Morgan fingerprint density at radius 2 is 0.959 bits per heavy atom. The minimum Gasteiger partial charge on any atom is -0.465 e. The van der Waals surface area contributed by atoms with Crippen LogP contribution in [-0.4, -0.2) is 68.2 Å². The number of unbranched alkanes of at least 4 members (excludes halogenated alkanes) is 16. The summed E-state index contributed by atoms with van der Waals surface area (Å²) in [6, 6.07) is 0. The number of aliphatic hydroxyl groups excluding tert-OH is 1. The second-order valence-corrected chi connectivity index (χ2v) is 15.2. The van der Waals surface area contributed by atoms with Crippen LogP contribution in [0, 0.1) is 11.3 Å². The number of carbonyl (C=O) groups is 2. The molecule has 0 fully saturated rings. The molecule has 7 nitrogen and oxygen atoms in total. The van der Waals surface area contributed by atoms with E-state index in [1.165, 1.54) is 83.5 Å². The molecule has 0 aromatic carbocycles. The highest BCUT2D eigenvalue weighted by atomic mass is 16.7. The normalized spacial score (nSPS) is 11.8. The van der Waals surface area contributed by atoms with Crippen LogP contribution in [0.15, 0.2) is 0 Å². The fourth-order valence-electron chi connectivity index (χ4n) is 6.57. The highest BCUT2D eigenvalue weighted by molar-refractivity contribution is 5.75. The van der Waals surface area contributed by atoms with Gasteiger partial charge in [0.1, 0.15) is 0 Å². The standard InChI is InChI=1S/C42H83NO6/c1-6-9-12-13-14-18-25-36-47-40(45)42(4,5)31-22-15-16-23-32-43(34-35-44)33-24-17-19-26-37-48-41(46)49-38-27-30-39(28-20-10-7-2)29-21-11-8-3/h39,44H,6-38H2,1-5H3. The SMILES string of the molecule is CCCCCCCCCOC(=O)C(C)(C)CCCCCCN(CCO)CCCCCCOC(=O)OCCCC(CCCCC)CCCCC. The lowest BCUT2D eigenvalue weighted by Crippen LogP contribution is -2.29. The van der Waals surface area contributed by atoms with Gasteiger partial charge >= 0.3 is 12.1 Å². The van der Waals surface area contributed by atoms with E-state index in [0.29, 0.717) is 26.4 Å². The van der Waals surface area contributed by atoms with Crippen molar-refractivity contribution in [2.24, 2.45) is 11.3 Å². The highest BCUT2D eigenvalue weighted by Crippen LogP contribution is 2.26. The van der Waals surface area contributed by atoms with Crippen LogP contribution in [0.1, 0.15) is 202 Å². The van der Waals surface area contributed by atoms with Gasteiger partial charge in [-0.05, 0) is 77.8 Å². The van der Waals surface area contributed by atoms with Gasteiger partial charge < -0.3 is 24.2 Å². The maximum Gasteiger partial charge on any atom is 0.508 e. The van der Waals surface area contributed by atoms with Crippen LogP contribution < -0.4 is 0 Å². The van der Waals surface area contributed by atoms with Crippen LogP contribution >= 0.6 is 0 Å². The average molecular weight is 698 g/mol. The topological polar surface area (TPSA) is 85.3 Å². The maximum atomic E-state index is 12.6. The van der Waals surface area contributed by atoms with Crippen molar-refractivity contribution in [1.82, 2.24) is 4.90 Å². The van der Waals surface area contributed by atoms with Gasteiger partial charge in [-0.1, -0.05) is 143 Å². The Kier molecular flexibility index (Phi) is 34.1. The van der Waals surface area contributed by atoms with Gasteiger partial charge in [-0.3, -0.25) is 4.79 Å². The number of aliphatic hydroxyl groups is 1. The molecular weight excluding hydrogens is 614 g/mol. The molecule has 0 aliphatic heterocycles. The van der Waals surface area contributed by atoms with Crippen molar-refractivity contribution in [3.8, 4) is 0 Å². The van der Waals surface area contributed by atoms with E-state index in [1.807, 2.05) is 13.8 Å². The van der Waals surface area contributed by atoms with Crippen molar-refractivity contribution in [3.63, 3.8) is 0 Å². The van der Waals surface area contributed by atoms with Crippen LogP contribution in [0.4, 0.5) is 4.79 Å². The van der Waals surface area contributed by atoms with Crippen molar-refractivity contribution in [1.29, 1.82) is 0 Å². The molecule has 0 radical (unpaired) electrons. The first-order chi connectivity index (χ1) is 23.8. The fraction of sp³-hybridized carbons (Fsp3) is 0.952. The van der Waals surface area contributed by atoms with Crippen LogP contribution in [0.25, 0.3) is 0 Å². The predicted octanol–water partition coefficient (Wildman–Crippen LogP) is 11.8. The lowest BCUT2D eigenvalue weighted by atomic mass is 9.87. The Labute approximate surface area is 304 Å². The van der Waals surface area contributed by atoms with Crippen molar-refractivity contribution < 1.29 is 28.9 Å². The molecular formula is C42H83NO6. The van der Waals surface area contributed by atoms with Crippen LogP contribution in [-0.2, 0) is 19.0 Å². The molecule has 0 heterocycles. The molecule has 1 N–H and O–H groups in total. The first-order valence-corrected chi connectivity index (χ1v) is 21.1. The van der Waals surface area contributed by atoms with E-state index in [2.05, 4.69) is 25.7 Å². The monoisotopic (exact) mass is 698 g/mol. The van der Waals surface area contributed by atoms with Gasteiger partial charge in [-0.2, -0.15) is 0 Å². The third kappa shape index (κ3) is 31.1. The van der Waals surface area contributed by atoms with Gasteiger partial charge in [0.15, 0.2) is 0 Å². The third-order valence-corrected chi connectivity index (χ3v) is 9.97. The first kappa shape index (κ1) is 47.7. The molecule has 0 aliphatic carbocycles. The van der Waals surface area contributed by atoms with Crippen molar-refractivity contribution in [2.45, 2.75) is 202 Å². The number of nitrogens with zero attached hydrogens (tertiary/aromatic N) is 1. The Hall–Kier alpha value is -1.34. The van der Waals surface area contributed by atoms with Crippen LogP contribution in [0.3, 0.4) is 0 Å². The number of rotatable bonds is 37. The maximum absolute atomic E-state index is 12.6. The molecule has 49 heavy (non-hydrogen) atoms. The first-order valence-electron chi connectivity index (χ1n) is 21.1. The molecule has 0 rings (SSSR count). The van der Waals surface area contributed by atoms with Crippen molar-refractivity contribution >= 4 is 12.1 Å². The second kappa shape index (κ2) is 35.1. The highest BCUT2D eigenvalue weighted by Gasteiger charge is 2.28. The van der Waals surface area contributed by atoms with Gasteiger partial charge in [-0.15, -0.1) is 0 Å². The lowest BCUT2D eigenvalue weighted by molar-refractivity contribution is -0.154. The third-order valence-electron chi connectivity index (χ3n) is 9.97.